The molecule has 0 saturated carbocycles. The van der Waals surface area contributed by atoms with Crippen LogP contribution in [0.1, 0.15) is 32.1 Å². The molecule has 0 aliphatic carbocycles. The fourth-order valence-corrected chi connectivity index (χ4v) is 1.49. The van der Waals surface area contributed by atoms with Gasteiger partial charge in [-0.3, -0.25) is 0 Å². The lowest BCUT2D eigenvalue weighted by atomic mass is 10.1. The first-order chi connectivity index (χ1) is 6.85. The van der Waals surface area contributed by atoms with Crippen molar-refractivity contribution in [1.82, 2.24) is 5.32 Å². The van der Waals surface area contributed by atoms with Crippen molar-refractivity contribution >= 4 is 0 Å². The quantitative estimate of drug-likeness (QED) is 0.368. The summed E-state index contributed by atoms with van der Waals surface area (Å²) in [6.07, 6.45) is 5.53. The summed E-state index contributed by atoms with van der Waals surface area (Å²) < 4.78 is 0. The third-order valence-corrected chi connectivity index (χ3v) is 2.33. The summed E-state index contributed by atoms with van der Waals surface area (Å²) in [6, 6.07) is 0.577. The standard InChI is InChI=1S/C10H26N4/c11-6-1-4-10(5-2-7-12)14-9-3-8-13/h10,14H,1-9,11-13H2. The van der Waals surface area contributed by atoms with E-state index in [1.54, 1.807) is 0 Å². The lowest BCUT2D eigenvalue weighted by molar-refractivity contribution is 0.433. The highest BCUT2D eigenvalue weighted by Gasteiger charge is 2.05. The van der Waals surface area contributed by atoms with Crippen molar-refractivity contribution in [3.05, 3.63) is 0 Å². The van der Waals surface area contributed by atoms with Gasteiger partial charge in [-0.15, -0.1) is 0 Å². The van der Waals surface area contributed by atoms with E-state index in [0.29, 0.717) is 6.04 Å². The van der Waals surface area contributed by atoms with Crippen LogP contribution in [-0.4, -0.2) is 32.2 Å². The summed E-state index contributed by atoms with van der Waals surface area (Å²) in [5.41, 5.74) is 16.4. The molecule has 0 fully saturated rings. The van der Waals surface area contributed by atoms with Crippen LogP contribution >= 0.6 is 0 Å². The van der Waals surface area contributed by atoms with Gasteiger partial charge in [-0.25, -0.2) is 0 Å². The zero-order chi connectivity index (χ0) is 10.6. The normalized spacial score (nSPS) is 11.1. The van der Waals surface area contributed by atoms with E-state index in [0.717, 1.165) is 58.3 Å². The van der Waals surface area contributed by atoms with Gasteiger partial charge in [-0.1, -0.05) is 0 Å². The highest BCUT2D eigenvalue weighted by atomic mass is 14.9. The highest BCUT2D eigenvalue weighted by molar-refractivity contribution is 4.67. The van der Waals surface area contributed by atoms with E-state index in [-0.39, 0.29) is 0 Å². The minimum Gasteiger partial charge on any atom is -0.330 e. The zero-order valence-corrected chi connectivity index (χ0v) is 9.17. The Morgan fingerprint density at radius 2 is 1.29 bits per heavy atom. The average Bonchev–Trinajstić information content (AvgIpc) is 2.21. The fourth-order valence-electron chi connectivity index (χ4n) is 1.49. The van der Waals surface area contributed by atoms with Crippen LogP contribution in [0.3, 0.4) is 0 Å². The second kappa shape index (κ2) is 10.9. The van der Waals surface area contributed by atoms with Crippen LogP contribution < -0.4 is 22.5 Å². The molecule has 7 N–H and O–H groups in total. The molecule has 0 aromatic rings. The molecule has 0 aliphatic rings. The maximum absolute atomic E-state index is 5.49. The Labute approximate surface area is 87.6 Å². The summed E-state index contributed by atoms with van der Waals surface area (Å²) in [5, 5.41) is 3.50. The Bertz CT molecular complexity index is 100. The van der Waals surface area contributed by atoms with Gasteiger partial charge in [-0.2, -0.15) is 0 Å². The first-order valence-corrected chi connectivity index (χ1v) is 5.68. The predicted molar refractivity (Wildman–Crippen MR) is 62.0 cm³/mol. The number of hydrogen-bond donors (Lipinski definition) is 4. The van der Waals surface area contributed by atoms with E-state index >= 15 is 0 Å². The summed E-state index contributed by atoms with van der Waals surface area (Å²) in [6.45, 7) is 3.32. The maximum Gasteiger partial charge on any atom is 0.00680 e. The molecule has 0 aromatic carbocycles. The van der Waals surface area contributed by atoms with Crippen LogP contribution in [0.4, 0.5) is 0 Å². The Morgan fingerprint density at radius 3 is 1.71 bits per heavy atom. The molecule has 0 rings (SSSR count). The molecule has 0 unspecified atom stereocenters. The summed E-state index contributed by atoms with van der Waals surface area (Å²) in [4.78, 5) is 0. The van der Waals surface area contributed by atoms with Gasteiger partial charge in [0, 0.05) is 6.04 Å². The Kier molecular flexibility index (Phi) is 10.8. The van der Waals surface area contributed by atoms with Crippen LogP contribution in [0.5, 0.6) is 0 Å². The molecular weight excluding hydrogens is 176 g/mol. The van der Waals surface area contributed by atoms with Crippen molar-refractivity contribution in [2.75, 3.05) is 26.2 Å². The van der Waals surface area contributed by atoms with Crippen molar-refractivity contribution in [2.45, 2.75) is 38.1 Å². The molecule has 0 amide bonds. The van der Waals surface area contributed by atoms with Gasteiger partial charge >= 0.3 is 0 Å². The zero-order valence-electron chi connectivity index (χ0n) is 9.17. The lowest BCUT2D eigenvalue weighted by Crippen LogP contribution is -2.32. The number of nitrogens with two attached hydrogens (primary N) is 3. The SMILES string of the molecule is NCCCNC(CCCN)CCCN. The molecule has 4 heteroatoms. The minimum absolute atomic E-state index is 0.577. The van der Waals surface area contributed by atoms with E-state index in [1.165, 1.54) is 0 Å². The molecule has 0 radical (unpaired) electrons. The van der Waals surface area contributed by atoms with Gasteiger partial charge in [0.15, 0.2) is 0 Å². The topological polar surface area (TPSA) is 90.1 Å². The lowest BCUT2D eigenvalue weighted by Gasteiger charge is -2.17. The molecule has 0 spiro atoms. The number of hydrogen-bond acceptors (Lipinski definition) is 4. The fraction of sp³-hybridized carbons (Fsp3) is 1.00. The summed E-state index contributed by atoms with van der Waals surface area (Å²) in [7, 11) is 0. The van der Waals surface area contributed by atoms with Crippen LogP contribution in [0, 0.1) is 0 Å². The summed E-state index contributed by atoms with van der Waals surface area (Å²) >= 11 is 0. The second-order valence-corrected chi connectivity index (χ2v) is 3.66. The molecule has 14 heavy (non-hydrogen) atoms. The highest BCUT2D eigenvalue weighted by Crippen LogP contribution is 2.03. The second-order valence-electron chi connectivity index (χ2n) is 3.66. The van der Waals surface area contributed by atoms with E-state index in [4.69, 9.17) is 17.2 Å². The summed E-state index contributed by atoms with van der Waals surface area (Å²) in [5.74, 6) is 0. The Hall–Kier alpha value is -0.160. The van der Waals surface area contributed by atoms with E-state index in [9.17, 15) is 0 Å². The molecule has 0 atom stereocenters. The van der Waals surface area contributed by atoms with Gasteiger partial charge in [0.1, 0.15) is 0 Å². The molecule has 0 aliphatic heterocycles. The minimum atomic E-state index is 0.577. The number of nitrogens with one attached hydrogen (secondary N) is 1. The molecule has 0 aromatic heterocycles. The average molecular weight is 202 g/mol. The molecule has 4 nitrogen and oxygen atoms in total. The van der Waals surface area contributed by atoms with Crippen molar-refractivity contribution in [3.63, 3.8) is 0 Å². The molecule has 0 heterocycles. The Morgan fingerprint density at radius 1 is 0.786 bits per heavy atom. The van der Waals surface area contributed by atoms with Crippen LogP contribution in [0.25, 0.3) is 0 Å². The molecule has 0 bridgehead atoms. The Balaban J connectivity index is 3.49. The van der Waals surface area contributed by atoms with Crippen molar-refractivity contribution in [1.29, 1.82) is 0 Å². The largest absolute Gasteiger partial charge is 0.330 e. The van der Waals surface area contributed by atoms with Gasteiger partial charge in [0.25, 0.3) is 0 Å². The van der Waals surface area contributed by atoms with Crippen molar-refractivity contribution in [3.8, 4) is 0 Å². The maximum atomic E-state index is 5.49. The smallest absolute Gasteiger partial charge is 0.00680 e. The van der Waals surface area contributed by atoms with Gasteiger partial charge in [0.2, 0.25) is 0 Å². The molecular formula is C10H26N4. The van der Waals surface area contributed by atoms with Crippen LogP contribution in [0.2, 0.25) is 0 Å². The van der Waals surface area contributed by atoms with E-state index in [2.05, 4.69) is 5.32 Å². The van der Waals surface area contributed by atoms with Crippen LogP contribution in [-0.2, 0) is 0 Å². The number of rotatable bonds is 10. The first kappa shape index (κ1) is 13.8. The monoisotopic (exact) mass is 202 g/mol. The molecule has 86 valence electrons. The van der Waals surface area contributed by atoms with Crippen molar-refractivity contribution < 1.29 is 0 Å². The molecule has 0 saturated heterocycles. The predicted octanol–water partition coefficient (Wildman–Crippen LogP) is -0.229. The van der Waals surface area contributed by atoms with Crippen LogP contribution in [0.15, 0.2) is 0 Å². The first-order valence-electron chi connectivity index (χ1n) is 5.68. The van der Waals surface area contributed by atoms with Crippen molar-refractivity contribution in [2.24, 2.45) is 17.2 Å². The van der Waals surface area contributed by atoms with Gasteiger partial charge < -0.3 is 22.5 Å². The third-order valence-electron chi connectivity index (χ3n) is 2.33. The van der Waals surface area contributed by atoms with E-state index in [1.807, 2.05) is 0 Å². The van der Waals surface area contributed by atoms with Gasteiger partial charge in [-0.05, 0) is 58.3 Å². The van der Waals surface area contributed by atoms with Gasteiger partial charge in [0.05, 0.1) is 0 Å². The van der Waals surface area contributed by atoms with E-state index < -0.39 is 0 Å². The third kappa shape index (κ3) is 8.44.